The van der Waals surface area contributed by atoms with Gasteiger partial charge in [0.2, 0.25) is 0 Å². The van der Waals surface area contributed by atoms with Gasteiger partial charge in [-0.3, -0.25) is 4.79 Å². The van der Waals surface area contributed by atoms with Crippen molar-refractivity contribution in [1.29, 1.82) is 0 Å². The number of nitrogens with zero attached hydrogens (tertiary/aromatic N) is 1. The first-order chi connectivity index (χ1) is 11.3. The largest absolute Gasteiger partial charge is 0.493 e. The van der Waals surface area contributed by atoms with Gasteiger partial charge in [0.05, 0.1) is 14.2 Å². The van der Waals surface area contributed by atoms with Gasteiger partial charge < -0.3 is 14.4 Å². The van der Waals surface area contributed by atoms with Crippen LogP contribution in [0.3, 0.4) is 0 Å². The second kappa shape index (κ2) is 6.96. The van der Waals surface area contributed by atoms with Crippen LogP contribution in [0.1, 0.15) is 21.3 Å². The standard InChI is InChI=1S/C18H19NO3S/c1-21-15-10-6-9-14(16(15)22-2)18-19(11-12-23-18)17(20)13-7-4-3-5-8-13/h3-10,18H,11-12H2,1-2H3. The van der Waals surface area contributed by atoms with Crippen LogP contribution in [-0.2, 0) is 0 Å². The van der Waals surface area contributed by atoms with Gasteiger partial charge in [-0.05, 0) is 18.2 Å². The topological polar surface area (TPSA) is 38.8 Å². The molecule has 23 heavy (non-hydrogen) atoms. The maximum Gasteiger partial charge on any atom is 0.255 e. The lowest BCUT2D eigenvalue weighted by Crippen LogP contribution is -2.30. The summed E-state index contributed by atoms with van der Waals surface area (Å²) in [5.41, 5.74) is 1.68. The first-order valence-corrected chi connectivity index (χ1v) is 8.49. The Hall–Kier alpha value is -2.14. The molecular formula is C18H19NO3S. The number of ether oxygens (including phenoxy) is 2. The molecule has 1 amide bonds. The van der Waals surface area contributed by atoms with E-state index in [-0.39, 0.29) is 11.3 Å². The van der Waals surface area contributed by atoms with E-state index in [9.17, 15) is 4.79 Å². The maximum absolute atomic E-state index is 12.8. The molecule has 1 aliphatic heterocycles. The predicted octanol–water partition coefficient (Wildman–Crippen LogP) is 3.59. The van der Waals surface area contributed by atoms with Crippen LogP contribution in [0.5, 0.6) is 11.5 Å². The summed E-state index contributed by atoms with van der Waals surface area (Å²) in [6, 6.07) is 15.2. The second-order valence-corrected chi connectivity index (χ2v) is 6.36. The summed E-state index contributed by atoms with van der Waals surface area (Å²) in [5, 5.41) is -0.0623. The molecule has 1 fully saturated rings. The van der Waals surface area contributed by atoms with Crippen molar-refractivity contribution in [2.24, 2.45) is 0 Å². The SMILES string of the molecule is COc1cccc(C2SCCN2C(=O)c2ccccc2)c1OC. The van der Waals surface area contributed by atoms with Crippen molar-refractivity contribution >= 4 is 17.7 Å². The zero-order valence-corrected chi connectivity index (χ0v) is 14.0. The van der Waals surface area contributed by atoms with E-state index in [0.29, 0.717) is 17.1 Å². The Morgan fingerprint density at radius 3 is 2.57 bits per heavy atom. The summed E-state index contributed by atoms with van der Waals surface area (Å²) in [6.07, 6.45) is 0. The fourth-order valence-corrected chi connectivity index (χ4v) is 4.06. The van der Waals surface area contributed by atoms with Gasteiger partial charge in [-0.15, -0.1) is 11.8 Å². The summed E-state index contributed by atoms with van der Waals surface area (Å²) in [7, 11) is 3.25. The predicted molar refractivity (Wildman–Crippen MR) is 92.2 cm³/mol. The average molecular weight is 329 g/mol. The quantitative estimate of drug-likeness (QED) is 0.859. The lowest BCUT2D eigenvalue weighted by molar-refractivity contribution is 0.0759. The number of thioether (sulfide) groups is 1. The number of carbonyl (C=O) groups excluding carboxylic acids is 1. The number of hydrogen-bond donors (Lipinski definition) is 0. The van der Waals surface area contributed by atoms with Crippen LogP contribution in [0.25, 0.3) is 0 Å². The first-order valence-electron chi connectivity index (χ1n) is 7.44. The number of amides is 1. The second-order valence-electron chi connectivity index (χ2n) is 5.17. The molecule has 5 heteroatoms. The van der Waals surface area contributed by atoms with E-state index in [1.807, 2.05) is 53.4 Å². The number of methoxy groups -OCH3 is 2. The summed E-state index contributed by atoms with van der Waals surface area (Å²) in [4.78, 5) is 14.7. The Balaban J connectivity index is 1.95. The molecule has 1 aliphatic rings. The van der Waals surface area contributed by atoms with Crippen LogP contribution >= 0.6 is 11.8 Å². The van der Waals surface area contributed by atoms with Crippen molar-refractivity contribution in [2.45, 2.75) is 5.37 Å². The molecule has 2 aromatic rings. The van der Waals surface area contributed by atoms with Gasteiger partial charge in [0.15, 0.2) is 11.5 Å². The van der Waals surface area contributed by atoms with Crippen molar-refractivity contribution in [2.75, 3.05) is 26.5 Å². The van der Waals surface area contributed by atoms with Crippen LogP contribution in [-0.4, -0.2) is 37.3 Å². The molecule has 0 aliphatic carbocycles. The normalized spacial score (nSPS) is 17.1. The molecular weight excluding hydrogens is 310 g/mol. The number of para-hydroxylation sites is 1. The van der Waals surface area contributed by atoms with E-state index in [4.69, 9.17) is 9.47 Å². The fraction of sp³-hybridized carbons (Fsp3) is 0.278. The Bertz CT molecular complexity index is 690. The number of benzene rings is 2. The van der Waals surface area contributed by atoms with E-state index < -0.39 is 0 Å². The van der Waals surface area contributed by atoms with Crippen molar-refractivity contribution in [3.8, 4) is 11.5 Å². The van der Waals surface area contributed by atoms with E-state index in [1.54, 1.807) is 26.0 Å². The maximum atomic E-state index is 12.8. The molecule has 0 aromatic heterocycles. The molecule has 120 valence electrons. The van der Waals surface area contributed by atoms with E-state index in [0.717, 1.165) is 17.9 Å². The monoisotopic (exact) mass is 329 g/mol. The van der Waals surface area contributed by atoms with Crippen LogP contribution < -0.4 is 9.47 Å². The lowest BCUT2D eigenvalue weighted by Gasteiger charge is -2.26. The lowest BCUT2D eigenvalue weighted by atomic mass is 10.1. The summed E-state index contributed by atoms with van der Waals surface area (Å²) in [6.45, 7) is 0.726. The molecule has 2 aromatic carbocycles. The smallest absolute Gasteiger partial charge is 0.255 e. The molecule has 1 atom stereocenters. The minimum atomic E-state index is -0.0623. The van der Waals surface area contributed by atoms with Gasteiger partial charge in [0, 0.05) is 23.4 Å². The Morgan fingerprint density at radius 2 is 1.87 bits per heavy atom. The highest BCUT2D eigenvalue weighted by atomic mass is 32.2. The van der Waals surface area contributed by atoms with Crippen LogP contribution in [0.15, 0.2) is 48.5 Å². The Kier molecular flexibility index (Phi) is 4.76. The van der Waals surface area contributed by atoms with E-state index in [1.165, 1.54) is 0 Å². The molecule has 1 saturated heterocycles. The zero-order chi connectivity index (χ0) is 16.2. The van der Waals surface area contributed by atoms with Crippen LogP contribution in [0.4, 0.5) is 0 Å². The third kappa shape index (κ3) is 3.01. The molecule has 0 saturated carbocycles. The molecule has 0 spiro atoms. The summed E-state index contributed by atoms with van der Waals surface area (Å²) in [5.74, 6) is 2.33. The minimum Gasteiger partial charge on any atom is -0.493 e. The molecule has 1 heterocycles. The van der Waals surface area contributed by atoms with Crippen molar-refractivity contribution in [1.82, 2.24) is 4.90 Å². The highest BCUT2D eigenvalue weighted by Gasteiger charge is 2.33. The van der Waals surface area contributed by atoms with Gasteiger partial charge in [-0.1, -0.05) is 30.3 Å². The molecule has 0 bridgehead atoms. The van der Waals surface area contributed by atoms with Gasteiger partial charge in [0.1, 0.15) is 5.37 Å². The third-order valence-corrected chi connectivity index (χ3v) is 5.11. The van der Waals surface area contributed by atoms with Crippen molar-refractivity contribution in [3.05, 3.63) is 59.7 Å². The number of carbonyl (C=O) groups is 1. The van der Waals surface area contributed by atoms with E-state index in [2.05, 4.69) is 0 Å². The van der Waals surface area contributed by atoms with Crippen LogP contribution in [0.2, 0.25) is 0 Å². The Morgan fingerprint density at radius 1 is 1.09 bits per heavy atom. The molecule has 1 unspecified atom stereocenters. The van der Waals surface area contributed by atoms with Crippen molar-refractivity contribution < 1.29 is 14.3 Å². The molecule has 0 radical (unpaired) electrons. The third-order valence-electron chi connectivity index (χ3n) is 3.87. The number of rotatable bonds is 4. The van der Waals surface area contributed by atoms with Gasteiger partial charge in [-0.25, -0.2) is 0 Å². The van der Waals surface area contributed by atoms with Gasteiger partial charge >= 0.3 is 0 Å². The zero-order valence-electron chi connectivity index (χ0n) is 13.2. The Labute approximate surface area is 140 Å². The minimum absolute atomic E-state index is 0.0467. The number of hydrogen-bond acceptors (Lipinski definition) is 4. The van der Waals surface area contributed by atoms with E-state index >= 15 is 0 Å². The average Bonchev–Trinajstić information content (AvgIpc) is 3.10. The van der Waals surface area contributed by atoms with Crippen LogP contribution in [0, 0.1) is 0 Å². The first kappa shape index (κ1) is 15.7. The summed E-state index contributed by atoms with van der Waals surface area (Å²) < 4.78 is 10.9. The fourth-order valence-electron chi connectivity index (χ4n) is 2.79. The molecule has 0 N–H and O–H groups in total. The molecule has 3 rings (SSSR count). The van der Waals surface area contributed by atoms with Crippen molar-refractivity contribution in [3.63, 3.8) is 0 Å². The highest BCUT2D eigenvalue weighted by molar-refractivity contribution is 7.99. The van der Waals surface area contributed by atoms with Gasteiger partial charge in [0.25, 0.3) is 5.91 Å². The van der Waals surface area contributed by atoms with Gasteiger partial charge in [-0.2, -0.15) is 0 Å². The highest BCUT2D eigenvalue weighted by Crippen LogP contribution is 2.45. The summed E-state index contributed by atoms with van der Waals surface area (Å²) >= 11 is 1.74. The molecule has 4 nitrogen and oxygen atoms in total.